The van der Waals surface area contributed by atoms with Crippen LogP contribution in [0.5, 0.6) is 0 Å². The zero-order valence-electron chi connectivity index (χ0n) is 8.01. The molecule has 0 aliphatic carbocycles. The number of carboxylic acids is 1. The Bertz CT molecular complexity index is 575. The smallest absolute Gasteiger partial charge is 0.307 e. The van der Waals surface area contributed by atoms with Crippen LogP contribution in [0.25, 0.3) is 11.0 Å². The lowest BCUT2D eigenvalue weighted by atomic mass is 10.1. The highest BCUT2D eigenvalue weighted by atomic mass is 16.6. The quantitative estimate of drug-likeness (QED) is 0.595. The molecule has 0 saturated heterocycles. The highest BCUT2D eigenvalue weighted by Crippen LogP contribution is 2.21. The van der Waals surface area contributed by atoms with Crippen LogP contribution in [0.15, 0.2) is 18.5 Å². The number of hydrogen-bond acceptors (Lipinski definition) is 4. The van der Waals surface area contributed by atoms with Crippen molar-refractivity contribution in [3.8, 4) is 0 Å². The largest absolute Gasteiger partial charge is 0.481 e. The van der Waals surface area contributed by atoms with Crippen molar-refractivity contribution in [2.24, 2.45) is 0 Å². The van der Waals surface area contributed by atoms with Gasteiger partial charge in [0.2, 0.25) is 0 Å². The van der Waals surface area contributed by atoms with E-state index >= 15 is 0 Å². The van der Waals surface area contributed by atoms with Gasteiger partial charge in [0.05, 0.1) is 11.3 Å². The van der Waals surface area contributed by atoms with Gasteiger partial charge in [-0.3, -0.25) is 14.9 Å². The third-order valence-corrected chi connectivity index (χ3v) is 2.15. The van der Waals surface area contributed by atoms with Crippen molar-refractivity contribution in [1.82, 2.24) is 9.97 Å². The average molecular weight is 221 g/mol. The van der Waals surface area contributed by atoms with Crippen LogP contribution in [-0.2, 0) is 11.2 Å². The van der Waals surface area contributed by atoms with E-state index in [2.05, 4.69) is 9.97 Å². The number of rotatable bonds is 3. The van der Waals surface area contributed by atoms with Crippen molar-refractivity contribution < 1.29 is 14.8 Å². The maximum absolute atomic E-state index is 10.6. The second-order valence-corrected chi connectivity index (χ2v) is 3.23. The maximum atomic E-state index is 10.6. The van der Waals surface area contributed by atoms with E-state index in [1.807, 2.05) is 0 Å². The Kier molecular flexibility index (Phi) is 2.28. The van der Waals surface area contributed by atoms with Gasteiger partial charge in [-0.1, -0.05) is 0 Å². The highest BCUT2D eigenvalue weighted by Gasteiger charge is 2.13. The fraction of sp³-hybridized carbons (Fsp3) is 0.111. The number of nitrogens with zero attached hydrogens (tertiary/aromatic N) is 2. The molecule has 2 heterocycles. The molecule has 0 fully saturated rings. The third-order valence-electron chi connectivity index (χ3n) is 2.15. The molecule has 7 heteroatoms. The molecule has 0 radical (unpaired) electrons. The first kappa shape index (κ1) is 10.1. The lowest BCUT2D eigenvalue weighted by molar-refractivity contribution is -0.385. The van der Waals surface area contributed by atoms with Crippen LogP contribution in [0, 0.1) is 10.1 Å². The topological polar surface area (TPSA) is 109 Å². The summed E-state index contributed by atoms with van der Waals surface area (Å²) in [6, 6.07) is 1.32. The Morgan fingerprint density at radius 3 is 3.00 bits per heavy atom. The standard InChI is InChI=1S/C9H7N3O4/c13-8(14)1-5-3-10-9-7(5)2-6(4-11-9)12(15)16/h2-4H,1H2,(H,10,11)(H,13,14). The molecule has 0 aromatic carbocycles. The summed E-state index contributed by atoms with van der Waals surface area (Å²) in [5, 5.41) is 19.7. The number of nitro groups is 1. The van der Waals surface area contributed by atoms with E-state index in [0.717, 1.165) is 6.20 Å². The van der Waals surface area contributed by atoms with E-state index in [4.69, 9.17) is 5.11 Å². The number of carboxylic acid groups (broad SMARTS) is 1. The monoisotopic (exact) mass is 221 g/mol. The normalized spacial score (nSPS) is 10.5. The van der Waals surface area contributed by atoms with E-state index in [-0.39, 0.29) is 12.1 Å². The van der Waals surface area contributed by atoms with Gasteiger partial charge in [0, 0.05) is 17.6 Å². The van der Waals surface area contributed by atoms with Crippen molar-refractivity contribution in [2.45, 2.75) is 6.42 Å². The molecule has 0 aliphatic rings. The summed E-state index contributed by atoms with van der Waals surface area (Å²) in [4.78, 5) is 27.1. The molecule has 0 spiro atoms. The fourth-order valence-corrected chi connectivity index (χ4v) is 1.46. The number of aromatic amines is 1. The minimum atomic E-state index is -0.993. The van der Waals surface area contributed by atoms with E-state index in [9.17, 15) is 14.9 Å². The Morgan fingerprint density at radius 1 is 1.62 bits per heavy atom. The number of hydrogen-bond donors (Lipinski definition) is 2. The Hall–Kier alpha value is -2.44. The van der Waals surface area contributed by atoms with Crippen LogP contribution in [0.2, 0.25) is 0 Å². The van der Waals surface area contributed by atoms with Gasteiger partial charge in [-0.15, -0.1) is 0 Å². The average Bonchev–Trinajstić information content (AvgIpc) is 2.60. The summed E-state index contributed by atoms with van der Waals surface area (Å²) in [5.41, 5.74) is 0.777. The Balaban J connectivity index is 2.55. The predicted octanol–water partition coefficient (Wildman–Crippen LogP) is 1.10. The first-order valence-electron chi connectivity index (χ1n) is 4.40. The number of aliphatic carboxylic acids is 1. The molecule has 82 valence electrons. The number of H-pyrrole nitrogens is 1. The molecule has 0 saturated carbocycles. The highest BCUT2D eigenvalue weighted by molar-refractivity contribution is 5.85. The van der Waals surface area contributed by atoms with Crippen LogP contribution in [0.1, 0.15) is 5.56 Å². The molecule has 0 amide bonds. The summed E-state index contributed by atoms with van der Waals surface area (Å²) in [6.45, 7) is 0. The number of carbonyl (C=O) groups is 1. The van der Waals surface area contributed by atoms with Crippen molar-refractivity contribution >= 4 is 22.7 Å². The molecule has 0 bridgehead atoms. The van der Waals surface area contributed by atoms with E-state index in [1.165, 1.54) is 12.3 Å². The third kappa shape index (κ3) is 1.70. The molecular formula is C9H7N3O4. The first-order valence-corrected chi connectivity index (χ1v) is 4.40. The van der Waals surface area contributed by atoms with E-state index < -0.39 is 10.9 Å². The van der Waals surface area contributed by atoms with Crippen LogP contribution < -0.4 is 0 Å². The zero-order valence-corrected chi connectivity index (χ0v) is 8.01. The number of fused-ring (bicyclic) bond motifs is 1. The lowest BCUT2D eigenvalue weighted by Gasteiger charge is -1.94. The van der Waals surface area contributed by atoms with Gasteiger partial charge in [0.15, 0.2) is 0 Å². The van der Waals surface area contributed by atoms with Gasteiger partial charge in [-0.05, 0) is 5.56 Å². The van der Waals surface area contributed by atoms with E-state index in [0.29, 0.717) is 16.6 Å². The van der Waals surface area contributed by atoms with Gasteiger partial charge in [0.1, 0.15) is 11.8 Å². The molecular weight excluding hydrogens is 214 g/mol. The predicted molar refractivity (Wildman–Crippen MR) is 54.1 cm³/mol. The first-order chi connectivity index (χ1) is 7.58. The molecule has 7 nitrogen and oxygen atoms in total. The summed E-state index contributed by atoms with van der Waals surface area (Å²) >= 11 is 0. The Morgan fingerprint density at radius 2 is 2.38 bits per heavy atom. The zero-order chi connectivity index (χ0) is 11.7. The summed E-state index contributed by atoms with van der Waals surface area (Å²) < 4.78 is 0. The molecule has 2 N–H and O–H groups in total. The van der Waals surface area contributed by atoms with Crippen LogP contribution >= 0.6 is 0 Å². The van der Waals surface area contributed by atoms with Crippen molar-refractivity contribution in [1.29, 1.82) is 0 Å². The Labute approximate surface area is 88.9 Å². The number of pyridine rings is 1. The number of aromatic nitrogens is 2. The van der Waals surface area contributed by atoms with Crippen LogP contribution in [0.3, 0.4) is 0 Å². The van der Waals surface area contributed by atoms with Crippen LogP contribution in [0.4, 0.5) is 5.69 Å². The van der Waals surface area contributed by atoms with E-state index in [1.54, 1.807) is 0 Å². The van der Waals surface area contributed by atoms with Crippen molar-refractivity contribution in [3.05, 3.63) is 34.1 Å². The summed E-state index contributed by atoms with van der Waals surface area (Å²) in [7, 11) is 0. The summed E-state index contributed by atoms with van der Waals surface area (Å²) in [6.07, 6.45) is 2.43. The maximum Gasteiger partial charge on any atom is 0.307 e. The van der Waals surface area contributed by atoms with Crippen molar-refractivity contribution in [2.75, 3.05) is 0 Å². The molecule has 2 aromatic heterocycles. The van der Waals surface area contributed by atoms with Gasteiger partial charge < -0.3 is 10.1 Å². The molecule has 0 unspecified atom stereocenters. The molecule has 16 heavy (non-hydrogen) atoms. The second kappa shape index (κ2) is 3.61. The lowest BCUT2D eigenvalue weighted by Crippen LogP contribution is -1.99. The molecule has 2 aromatic rings. The van der Waals surface area contributed by atoms with Crippen molar-refractivity contribution in [3.63, 3.8) is 0 Å². The molecule has 0 aliphatic heterocycles. The van der Waals surface area contributed by atoms with Gasteiger partial charge >= 0.3 is 5.97 Å². The second-order valence-electron chi connectivity index (χ2n) is 3.23. The van der Waals surface area contributed by atoms with Crippen LogP contribution in [-0.4, -0.2) is 26.0 Å². The number of nitrogens with one attached hydrogen (secondary N) is 1. The molecule has 2 rings (SSSR count). The van der Waals surface area contributed by atoms with Gasteiger partial charge in [-0.2, -0.15) is 0 Å². The molecule has 0 atom stereocenters. The summed E-state index contributed by atoms with van der Waals surface area (Å²) in [5.74, 6) is -0.993. The fourth-order valence-electron chi connectivity index (χ4n) is 1.46. The van der Waals surface area contributed by atoms with Gasteiger partial charge in [0.25, 0.3) is 5.69 Å². The SMILES string of the molecule is O=C(O)Cc1c[nH]c2ncc([N+](=O)[O-])cc12. The minimum absolute atomic E-state index is 0.154. The minimum Gasteiger partial charge on any atom is -0.481 e. The van der Waals surface area contributed by atoms with Gasteiger partial charge in [-0.25, -0.2) is 4.98 Å².